The first kappa shape index (κ1) is 34.4. The van der Waals surface area contributed by atoms with Gasteiger partial charge in [-0.15, -0.1) is 0 Å². The number of anilines is 1. The van der Waals surface area contributed by atoms with Gasteiger partial charge in [-0.1, -0.05) is 0 Å². The van der Waals surface area contributed by atoms with Crippen LogP contribution >= 0.6 is 0 Å². The van der Waals surface area contributed by atoms with E-state index in [1.54, 1.807) is 67.1 Å². The van der Waals surface area contributed by atoms with Gasteiger partial charge in [0.1, 0.15) is 17.2 Å². The lowest BCUT2D eigenvalue weighted by atomic mass is 9.82. The summed E-state index contributed by atoms with van der Waals surface area (Å²) in [6.45, 7) is 7.18. The zero-order valence-corrected chi connectivity index (χ0v) is 29.1. The zero-order chi connectivity index (χ0) is 35.4. The van der Waals surface area contributed by atoms with Crippen molar-refractivity contribution in [1.82, 2.24) is 19.7 Å². The van der Waals surface area contributed by atoms with Crippen LogP contribution in [0.2, 0.25) is 0 Å². The van der Waals surface area contributed by atoms with Crippen LogP contribution in [0.25, 0.3) is 11.3 Å². The van der Waals surface area contributed by atoms with Crippen LogP contribution in [0.3, 0.4) is 0 Å². The van der Waals surface area contributed by atoms with Gasteiger partial charge in [0.25, 0.3) is 5.56 Å². The number of halogens is 2. The summed E-state index contributed by atoms with van der Waals surface area (Å²) in [6, 6.07) is 4.52. The molecule has 262 valence electrons. The van der Waals surface area contributed by atoms with E-state index < -0.39 is 39.2 Å². The lowest BCUT2D eigenvalue weighted by Gasteiger charge is -2.39. The van der Waals surface area contributed by atoms with E-state index in [0.29, 0.717) is 72.7 Å². The zero-order valence-electron chi connectivity index (χ0n) is 28.3. The van der Waals surface area contributed by atoms with Crippen molar-refractivity contribution in [2.45, 2.75) is 45.3 Å². The van der Waals surface area contributed by atoms with Crippen molar-refractivity contribution in [1.29, 1.82) is 0 Å². The molecular formula is C35H41F2N5O6S. The quantitative estimate of drug-likeness (QED) is 0.486. The average molecular weight is 698 g/mol. The molecule has 14 heteroatoms. The molecule has 1 N–H and O–H groups in total. The summed E-state index contributed by atoms with van der Waals surface area (Å²) in [7, 11) is -1.90. The van der Waals surface area contributed by atoms with Gasteiger partial charge < -0.3 is 29.3 Å². The van der Waals surface area contributed by atoms with Gasteiger partial charge in [0, 0.05) is 82.4 Å². The van der Waals surface area contributed by atoms with Crippen molar-refractivity contribution >= 4 is 38.8 Å². The number of pyridine rings is 1. The van der Waals surface area contributed by atoms with Crippen LogP contribution < -0.4 is 15.8 Å². The molecule has 1 fully saturated rings. The highest BCUT2D eigenvalue weighted by atomic mass is 32.2. The third kappa shape index (κ3) is 7.01. The summed E-state index contributed by atoms with van der Waals surface area (Å²) in [5.74, 6) is -2.16. The fourth-order valence-corrected chi connectivity index (χ4v) is 7.85. The minimum atomic E-state index is -3.52. The number of carbonyl (C=O) groups is 2. The maximum atomic E-state index is 15.4. The van der Waals surface area contributed by atoms with Gasteiger partial charge in [0.05, 0.1) is 28.7 Å². The lowest BCUT2D eigenvalue weighted by molar-refractivity contribution is -0.133. The number of nitrogens with zero attached hydrogens (tertiary/aromatic N) is 4. The molecule has 11 nitrogen and oxygen atoms in total. The second kappa shape index (κ2) is 12.8. The van der Waals surface area contributed by atoms with Crippen LogP contribution in [-0.4, -0.2) is 91.2 Å². The standard InChI is InChI=1S/C35H41F2N5O6S/c1-35(2,3)48-34(45)41-14-12-40(13-15-41)28(43)9-6-21-18-38-31-29-22(19-42(32(21)29)27-8-7-24(36)17-26(27)37)16-23(20-49(5,46)47)25-10-11-39(4)33(44)30(25)31/h7-8,10-11,16-17,19,21,32,38H,6,9,12-15,18,20H2,1-5H3. The molecule has 0 bridgehead atoms. The normalized spacial score (nSPS) is 20.6. The molecule has 1 aromatic carbocycles. The number of amides is 2. The van der Waals surface area contributed by atoms with Crippen LogP contribution in [0.5, 0.6) is 0 Å². The molecule has 1 aromatic heterocycles. The van der Waals surface area contributed by atoms with E-state index >= 15 is 4.39 Å². The number of hydrogen-bond donors (Lipinski definition) is 1. The van der Waals surface area contributed by atoms with E-state index in [2.05, 4.69) is 5.32 Å². The van der Waals surface area contributed by atoms with Crippen LogP contribution in [0.1, 0.15) is 44.7 Å². The lowest BCUT2D eigenvalue weighted by Crippen LogP contribution is -2.52. The summed E-state index contributed by atoms with van der Waals surface area (Å²) in [5.41, 5.74) is 2.23. The van der Waals surface area contributed by atoms with E-state index in [4.69, 9.17) is 4.74 Å². The van der Waals surface area contributed by atoms with Gasteiger partial charge in [-0.05, 0) is 68.2 Å². The van der Waals surface area contributed by atoms with E-state index in [9.17, 15) is 27.2 Å². The molecule has 49 heavy (non-hydrogen) atoms. The molecule has 4 heterocycles. The predicted molar refractivity (Wildman–Crippen MR) is 182 cm³/mol. The average Bonchev–Trinajstić information content (AvgIpc) is 3.32. The largest absolute Gasteiger partial charge is 0.444 e. The molecule has 2 amide bonds. The maximum absolute atomic E-state index is 15.4. The Morgan fingerprint density at radius 1 is 1.06 bits per heavy atom. The third-order valence-corrected chi connectivity index (χ3v) is 10.1. The Morgan fingerprint density at radius 3 is 2.41 bits per heavy atom. The van der Waals surface area contributed by atoms with Crippen LogP contribution in [0, 0.1) is 17.6 Å². The Balaban J connectivity index is 1.32. The highest BCUT2D eigenvalue weighted by Crippen LogP contribution is 2.47. The summed E-state index contributed by atoms with van der Waals surface area (Å²) in [4.78, 5) is 44.7. The summed E-state index contributed by atoms with van der Waals surface area (Å²) in [5, 5.41) is 3.43. The number of sulfone groups is 1. The van der Waals surface area contributed by atoms with E-state index in [1.807, 2.05) is 0 Å². The summed E-state index contributed by atoms with van der Waals surface area (Å²) in [6.07, 6.45) is 6.34. The summed E-state index contributed by atoms with van der Waals surface area (Å²) >= 11 is 0. The molecule has 1 aliphatic carbocycles. The Morgan fingerprint density at radius 2 is 1.76 bits per heavy atom. The molecule has 0 saturated carbocycles. The van der Waals surface area contributed by atoms with E-state index in [-0.39, 0.29) is 35.2 Å². The molecule has 6 rings (SSSR count). The molecule has 2 unspecified atom stereocenters. The highest BCUT2D eigenvalue weighted by Gasteiger charge is 2.44. The Hall–Kier alpha value is -4.46. The third-order valence-electron chi connectivity index (χ3n) is 9.25. The first-order chi connectivity index (χ1) is 23.0. The van der Waals surface area contributed by atoms with Crippen molar-refractivity contribution in [3.8, 4) is 0 Å². The number of benzene rings is 1. The second-order valence-electron chi connectivity index (χ2n) is 14.1. The number of ether oxygens (including phenoxy) is 1. The minimum absolute atomic E-state index is 0.0790. The van der Waals surface area contributed by atoms with Crippen molar-refractivity contribution in [3.63, 3.8) is 0 Å². The number of rotatable bonds is 6. The van der Waals surface area contributed by atoms with Crippen LogP contribution in [0.4, 0.5) is 19.3 Å². The number of allylic oxidation sites excluding steroid dienone is 1. The fourth-order valence-electron chi connectivity index (χ4n) is 7.05. The van der Waals surface area contributed by atoms with Gasteiger partial charge in [-0.25, -0.2) is 22.0 Å². The predicted octanol–water partition coefficient (Wildman–Crippen LogP) is 3.67. The smallest absolute Gasteiger partial charge is 0.410 e. The SMILES string of the molecule is Cn1ccc2c(c1=O)C1=C3C(=CN(c4ccc(F)cc4F)C3C(CCC(=O)N3CCN(C(=O)OC(C)(C)C)CC3)CN1)C=C2CS(C)(=O)=O. The van der Waals surface area contributed by atoms with Crippen molar-refractivity contribution < 1.29 is 31.5 Å². The molecule has 0 spiro atoms. The molecule has 4 aliphatic rings. The van der Waals surface area contributed by atoms with E-state index in [0.717, 1.165) is 12.3 Å². The van der Waals surface area contributed by atoms with Crippen molar-refractivity contribution in [2.24, 2.45) is 13.0 Å². The van der Waals surface area contributed by atoms with Gasteiger partial charge in [0.2, 0.25) is 5.91 Å². The number of piperazine rings is 1. The number of aromatic nitrogens is 1. The number of nitrogens with one attached hydrogen (secondary N) is 1. The molecular weight excluding hydrogens is 656 g/mol. The number of hydrogen-bond acceptors (Lipinski definition) is 8. The van der Waals surface area contributed by atoms with E-state index in [1.165, 1.54) is 16.7 Å². The maximum Gasteiger partial charge on any atom is 0.410 e. The van der Waals surface area contributed by atoms with Gasteiger partial charge in [0.15, 0.2) is 9.84 Å². The molecule has 2 atom stereocenters. The monoisotopic (exact) mass is 697 g/mol. The van der Waals surface area contributed by atoms with Gasteiger partial charge in [-0.2, -0.15) is 0 Å². The van der Waals surface area contributed by atoms with Crippen molar-refractivity contribution in [2.75, 3.05) is 49.6 Å². The second-order valence-corrected chi connectivity index (χ2v) is 16.2. The number of fused-ring (bicyclic) bond motifs is 2. The fraction of sp³-hybridized carbons (Fsp3) is 0.457. The Labute approximate surface area is 284 Å². The highest BCUT2D eigenvalue weighted by molar-refractivity contribution is 7.91. The molecule has 0 radical (unpaired) electrons. The summed E-state index contributed by atoms with van der Waals surface area (Å²) < 4.78 is 61.5. The molecule has 3 aliphatic heterocycles. The molecule has 2 aromatic rings. The van der Waals surface area contributed by atoms with Crippen molar-refractivity contribution in [3.05, 3.63) is 87.0 Å². The molecule has 1 saturated heterocycles. The first-order valence-electron chi connectivity index (χ1n) is 16.3. The van der Waals surface area contributed by atoms with Crippen LogP contribution in [-0.2, 0) is 26.4 Å². The Bertz CT molecular complexity index is 1970. The Kier molecular flexibility index (Phi) is 8.97. The minimum Gasteiger partial charge on any atom is -0.444 e. The number of carbonyl (C=O) groups excluding carboxylic acids is 2. The first-order valence-corrected chi connectivity index (χ1v) is 18.3. The number of aryl methyl sites for hydroxylation is 1. The van der Waals surface area contributed by atoms with Gasteiger partial charge >= 0.3 is 6.09 Å². The van der Waals surface area contributed by atoms with Crippen LogP contribution in [0.15, 0.2) is 58.7 Å². The van der Waals surface area contributed by atoms with Gasteiger partial charge in [-0.3, -0.25) is 9.59 Å². The topological polar surface area (TPSA) is 121 Å².